The van der Waals surface area contributed by atoms with Crippen LogP contribution in [-0.2, 0) is 21.1 Å². The number of rotatable bonds is 6. The molecule has 3 rings (SSSR count). The monoisotopic (exact) mass is 402 g/mol. The second-order valence-corrected chi connectivity index (χ2v) is 9.82. The van der Waals surface area contributed by atoms with Crippen LogP contribution in [0.3, 0.4) is 0 Å². The molecule has 28 heavy (non-hydrogen) atoms. The number of benzene rings is 1. The Hall–Kier alpha value is -2.41. The number of sulfone groups is 1. The number of amides is 1. The van der Waals surface area contributed by atoms with Crippen molar-refractivity contribution in [3.63, 3.8) is 0 Å². The van der Waals surface area contributed by atoms with Crippen molar-refractivity contribution in [2.45, 2.75) is 49.4 Å². The average Bonchev–Trinajstić information content (AvgIpc) is 2.69. The molecule has 1 aliphatic heterocycles. The molecule has 0 aliphatic carbocycles. The lowest BCUT2D eigenvalue weighted by Crippen LogP contribution is -2.45. The zero-order chi connectivity index (χ0) is 20.1. The summed E-state index contributed by atoms with van der Waals surface area (Å²) in [5.74, 6) is 0.791. The lowest BCUT2D eigenvalue weighted by Gasteiger charge is -2.33. The summed E-state index contributed by atoms with van der Waals surface area (Å²) < 4.78 is 30.4. The SMILES string of the molecule is CC(C)S(=O)(=O)c1ccc(CC(=O)N2CCC[C@@H](Oc3ccncc3)C2)cc1. The van der Waals surface area contributed by atoms with Gasteiger partial charge >= 0.3 is 0 Å². The highest BCUT2D eigenvalue weighted by molar-refractivity contribution is 7.92. The van der Waals surface area contributed by atoms with Crippen molar-refractivity contribution in [3.8, 4) is 5.75 Å². The summed E-state index contributed by atoms with van der Waals surface area (Å²) >= 11 is 0. The Labute approximate surface area is 166 Å². The maximum absolute atomic E-state index is 12.7. The molecule has 2 heterocycles. The summed E-state index contributed by atoms with van der Waals surface area (Å²) in [6, 6.07) is 10.2. The van der Waals surface area contributed by atoms with Crippen LogP contribution in [-0.4, -0.2) is 48.7 Å². The molecule has 0 spiro atoms. The molecule has 150 valence electrons. The molecule has 1 amide bonds. The van der Waals surface area contributed by atoms with E-state index < -0.39 is 15.1 Å². The Morgan fingerprint density at radius 3 is 2.50 bits per heavy atom. The molecule has 1 aromatic carbocycles. The van der Waals surface area contributed by atoms with Gasteiger partial charge in [0.2, 0.25) is 5.91 Å². The fourth-order valence-electron chi connectivity index (χ4n) is 3.23. The van der Waals surface area contributed by atoms with Crippen LogP contribution in [0.1, 0.15) is 32.3 Å². The van der Waals surface area contributed by atoms with E-state index in [1.54, 1.807) is 50.5 Å². The van der Waals surface area contributed by atoms with Crippen LogP contribution in [0.2, 0.25) is 0 Å². The highest BCUT2D eigenvalue weighted by Crippen LogP contribution is 2.20. The van der Waals surface area contributed by atoms with Crippen LogP contribution >= 0.6 is 0 Å². The molecule has 1 aromatic heterocycles. The summed E-state index contributed by atoms with van der Waals surface area (Å²) in [4.78, 5) is 18.8. The first-order valence-corrected chi connectivity index (χ1v) is 11.1. The summed E-state index contributed by atoms with van der Waals surface area (Å²) in [6.45, 7) is 4.59. The molecular formula is C21H26N2O4S. The van der Waals surface area contributed by atoms with Gasteiger partial charge in [0.05, 0.1) is 23.1 Å². The fourth-order valence-corrected chi connectivity index (χ4v) is 4.29. The molecule has 0 unspecified atom stereocenters. The van der Waals surface area contributed by atoms with Crippen LogP contribution in [0, 0.1) is 0 Å². The van der Waals surface area contributed by atoms with Gasteiger partial charge in [-0.3, -0.25) is 9.78 Å². The number of aromatic nitrogens is 1. The van der Waals surface area contributed by atoms with Crippen molar-refractivity contribution in [3.05, 3.63) is 54.4 Å². The number of piperidine rings is 1. The van der Waals surface area contributed by atoms with Crippen LogP contribution in [0.25, 0.3) is 0 Å². The van der Waals surface area contributed by atoms with E-state index in [0.29, 0.717) is 11.4 Å². The first kappa shape index (κ1) is 20.3. The summed E-state index contributed by atoms with van der Waals surface area (Å²) in [5, 5.41) is -0.467. The molecule has 6 nitrogen and oxygen atoms in total. The van der Waals surface area contributed by atoms with Crippen LogP contribution in [0.4, 0.5) is 0 Å². The van der Waals surface area contributed by atoms with Gasteiger partial charge in [-0.15, -0.1) is 0 Å². The number of nitrogens with zero attached hydrogens (tertiary/aromatic N) is 2. The van der Waals surface area contributed by atoms with Gasteiger partial charge in [0.25, 0.3) is 0 Å². The summed E-state index contributed by atoms with van der Waals surface area (Å²) in [7, 11) is -3.30. The predicted molar refractivity (Wildman–Crippen MR) is 107 cm³/mol. The first-order valence-electron chi connectivity index (χ1n) is 9.53. The van der Waals surface area contributed by atoms with E-state index in [1.807, 2.05) is 17.0 Å². The van der Waals surface area contributed by atoms with Gasteiger partial charge in [-0.1, -0.05) is 12.1 Å². The van der Waals surface area contributed by atoms with Crippen LogP contribution in [0.15, 0.2) is 53.7 Å². The number of likely N-dealkylation sites (tertiary alicyclic amines) is 1. The Morgan fingerprint density at radius 2 is 1.86 bits per heavy atom. The summed E-state index contributed by atoms with van der Waals surface area (Å²) in [5.41, 5.74) is 0.810. The number of carbonyl (C=O) groups is 1. The molecule has 0 bridgehead atoms. The zero-order valence-electron chi connectivity index (χ0n) is 16.2. The standard InChI is InChI=1S/C21H26N2O4S/c1-16(2)28(25,26)20-7-5-17(6-8-20)14-21(24)23-13-3-4-19(15-23)27-18-9-11-22-12-10-18/h5-12,16,19H,3-4,13-15H2,1-2H3/t19-/m1/s1. The highest BCUT2D eigenvalue weighted by atomic mass is 32.2. The second kappa shape index (κ2) is 8.73. The molecule has 1 atom stereocenters. The minimum atomic E-state index is -3.30. The third-order valence-corrected chi connectivity index (χ3v) is 7.08. The molecule has 0 saturated carbocycles. The maximum Gasteiger partial charge on any atom is 0.227 e. The second-order valence-electron chi connectivity index (χ2n) is 7.32. The molecular weight excluding hydrogens is 376 g/mol. The minimum absolute atomic E-state index is 0.0290. The Kier molecular flexibility index (Phi) is 6.34. The molecule has 0 N–H and O–H groups in total. The van der Waals surface area contributed by atoms with Crippen molar-refractivity contribution in [1.29, 1.82) is 0 Å². The van der Waals surface area contributed by atoms with Gasteiger partial charge in [0.1, 0.15) is 11.9 Å². The van der Waals surface area contributed by atoms with Crippen LogP contribution in [0.5, 0.6) is 5.75 Å². The number of ether oxygens (including phenoxy) is 1. The third kappa shape index (κ3) is 4.90. The lowest BCUT2D eigenvalue weighted by molar-refractivity contribution is -0.133. The van der Waals surface area contributed by atoms with Gasteiger partial charge in [0.15, 0.2) is 9.84 Å². The molecule has 2 aromatic rings. The fraction of sp³-hybridized carbons (Fsp3) is 0.429. The highest BCUT2D eigenvalue weighted by Gasteiger charge is 2.25. The molecule has 1 aliphatic rings. The number of carbonyl (C=O) groups excluding carboxylic acids is 1. The first-order chi connectivity index (χ1) is 13.4. The molecule has 1 fully saturated rings. The van der Waals surface area contributed by atoms with Crippen LogP contribution < -0.4 is 4.74 Å². The Bertz CT molecular complexity index is 896. The average molecular weight is 403 g/mol. The Morgan fingerprint density at radius 1 is 1.18 bits per heavy atom. The number of pyridine rings is 1. The largest absolute Gasteiger partial charge is 0.488 e. The zero-order valence-corrected chi connectivity index (χ0v) is 17.1. The third-order valence-electron chi connectivity index (χ3n) is 4.91. The normalized spacial score (nSPS) is 17.5. The van der Waals surface area contributed by atoms with E-state index in [9.17, 15) is 13.2 Å². The Balaban J connectivity index is 1.59. The van der Waals surface area contributed by atoms with Crippen molar-refractivity contribution in [2.75, 3.05) is 13.1 Å². The van der Waals surface area contributed by atoms with E-state index in [4.69, 9.17) is 4.74 Å². The van der Waals surface area contributed by atoms with E-state index in [2.05, 4.69) is 4.98 Å². The van der Waals surface area contributed by atoms with Gasteiger partial charge < -0.3 is 9.64 Å². The van der Waals surface area contributed by atoms with Crippen molar-refractivity contribution in [1.82, 2.24) is 9.88 Å². The minimum Gasteiger partial charge on any atom is -0.488 e. The smallest absolute Gasteiger partial charge is 0.227 e. The lowest BCUT2D eigenvalue weighted by atomic mass is 10.1. The maximum atomic E-state index is 12.7. The van der Waals surface area contributed by atoms with Gasteiger partial charge in [-0.25, -0.2) is 8.42 Å². The van der Waals surface area contributed by atoms with Gasteiger partial charge in [-0.2, -0.15) is 0 Å². The van der Waals surface area contributed by atoms with E-state index in [1.165, 1.54) is 0 Å². The van der Waals surface area contributed by atoms with Gasteiger partial charge in [-0.05, 0) is 56.5 Å². The van der Waals surface area contributed by atoms with E-state index in [-0.39, 0.29) is 18.4 Å². The number of hydrogen-bond acceptors (Lipinski definition) is 5. The van der Waals surface area contributed by atoms with Crippen molar-refractivity contribution in [2.24, 2.45) is 0 Å². The van der Waals surface area contributed by atoms with E-state index >= 15 is 0 Å². The number of hydrogen-bond donors (Lipinski definition) is 0. The van der Waals surface area contributed by atoms with E-state index in [0.717, 1.165) is 30.7 Å². The molecule has 0 radical (unpaired) electrons. The van der Waals surface area contributed by atoms with Crippen molar-refractivity contribution >= 4 is 15.7 Å². The topological polar surface area (TPSA) is 76.6 Å². The quantitative estimate of drug-likeness (QED) is 0.743. The molecule has 7 heteroatoms. The summed E-state index contributed by atoms with van der Waals surface area (Å²) in [6.07, 6.45) is 5.40. The van der Waals surface area contributed by atoms with Gasteiger partial charge in [0, 0.05) is 18.9 Å². The molecule has 1 saturated heterocycles. The predicted octanol–water partition coefficient (Wildman–Crippen LogP) is 2.88. The van der Waals surface area contributed by atoms with Crippen molar-refractivity contribution < 1.29 is 17.9 Å².